The van der Waals surface area contributed by atoms with Gasteiger partial charge in [0.25, 0.3) is 0 Å². The van der Waals surface area contributed by atoms with Gasteiger partial charge in [0.2, 0.25) is 11.8 Å². The van der Waals surface area contributed by atoms with Crippen molar-refractivity contribution in [1.29, 1.82) is 0 Å². The molecule has 5 nitrogen and oxygen atoms in total. The standard InChI is InChI=1S/C19H27N3O2/c1-21-14-16(13-18(21)23)19(24)20-17-7-5-15(6-8-17)9-12-22-10-3-2-4-11-22/h5-8,16H,2-4,9-14H2,1H3,(H,20,24). The smallest absolute Gasteiger partial charge is 0.229 e. The second-order valence-corrected chi connectivity index (χ2v) is 7.01. The zero-order valence-electron chi connectivity index (χ0n) is 14.5. The fourth-order valence-corrected chi connectivity index (χ4v) is 3.51. The lowest BCUT2D eigenvalue weighted by atomic mass is 10.1. The molecule has 2 heterocycles. The lowest BCUT2D eigenvalue weighted by molar-refractivity contribution is -0.127. The second-order valence-electron chi connectivity index (χ2n) is 7.01. The number of carbonyl (C=O) groups excluding carboxylic acids is 2. The van der Waals surface area contributed by atoms with Crippen LogP contribution < -0.4 is 5.32 Å². The van der Waals surface area contributed by atoms with Crippen molar-refractivity contribution in [3.05, 3.63) is 29.8 Å². The third kappa shape index (κ3) is 4.35. The van der Waals surface area contributed by atoms with Gasteiger partial charge in [-0.1, -0.05) is 18.6 Å². The second kappa shape index (κ2) is 7.79. The number of hydrogen-bond acceptors (Lipinski definition) is 3. The molecule has 2 fully saturated rings. The average Bonchev–Trinajstić information content (AvgIpc) is 2.94. The van der Waals surface area contributed by atoms with Crippen LogP contribution in [0.1, 0.15) is 31.2 Å². The summed E-state index contributed by atoms with van der Waals surface area (Å²) in [6, 6.07) is 8.10. The highest BCUT2D eigenvalue weighted by Crippen LogP contribution is 2.19. The van der Waals surface area contributed by atoms with Crippen LogP contribution in [0.5, 0.6) is 0 Å². The molecule has 1 aromatic carbocycles. The molecule has 1 unspecified atom stereocenters. The molecule has 0 bridgehead atoms. The van der Waals surface area contributed by atoms with E-state index in [0.29, 0.717) is 13.0 Å². The van der Waals surface area contributed by atoms with Crippen molar-refractivity contribution < 1.29 is 9.59 Å². The molecule has 130 valence electrons. The molecule has 24 heavy (non-hydrogen) atoms. The Hall–Kier alpha value is -1.88. The number of piperidine rings is 1. The van der Waals surface area contributed by atoms with Crippen molar-refractivity contribution in [1.82, 2.24) is 9.80 Å². The van der Waals surface area contributed by atoms with Crippen LogP contribution in [0.25, 0.3) is 0 Å². The van der Waals surface area contributed by atoms with Gasteiger partial charge in [-0.2, -0.15) is 0 Å². The number of likely N-dealkylation sites (tertiary alicyclic amines) is 2. The van der Waals surface area contributed by atoms with E-state index in [1.165, 1.54) is 37.9 Å². The van der Waals surface area contributed by atoms with Crippen LogP contribution in [0.15, 0.2) is 24.3 Å². The molecule has 0 aliphatic carbocycles. The normalized spacial score (nSPS) is 22.0. The fourth-order valence-electron chi connectivity index (χ4n) is 3.51. The van der Waals surface area contributed by atoms with Gasteiger partial charge >= 0.3 is 0 Å². The Morgan fingerprint density at radius 2 is 1.88 bits per heavy atom. The molecule has 0 spiro atoms. The van der Waals surface area contributed by atoms with Gasteiger partial charge in [0.05, 0.1) is 5.92 Å². The quantitative estimate of drug-likeness (QED) is 0.900. The van der Waals surface area contributed by atoms with Crippen molar-refractivity contribution >= 4 is 17.5 Å². The molecule has 2 aliphatic rings. The Morgan fingerprint density at radius 3 is 2.50 bits per heavy atom. The molecule has 2 amide bonds. The molecule has 2 saturated heterocycles. The van der Waals surface area contributed by atoms with E-state index >= 15 is 0 Å². The summed E-state index contributed by atoms with van der Waals surface area (Å²) in [6.07, 6.45) is 5.38. The predicted molar refractivity (Wildman–Crippen MR) is 94.8 cm³/mol. The molecular formula is C19H27N3O2. The lowest BCUT2D eigenvalue weighted by Gasteiger charge is -2.26. The third-order valence-corrected chi connectivity index (χ3v) is 5.10. The Morgan fingerprint density at radius 1 is 1.17 bits per heavy atom. The maximum Gasteiger partial charge on any atom is 0.229 e. The van der Waals surface area contributed by atoms with E-state index in [-0.39, 0.29) is 17.7 Å². The Balaban J connectivity index is 1.47. The minimum atomic E-state index is -0.235. The summed E-state index contributed by atoms with van der Waals surface area (Å²) >= 11 is 0. The average molecular weight is 329 g/mol. The molecular weight excluding hydrogens is 302 g/mol. The number of nitrogens with zero attached hydrogens (tertiary/aromatic N) is 2. The highest BCUT2D eigenvalue weighted by Gasteiger charge is 2.32. The van der Waals surface area contributed by atoms with E-state index in [4.69, 9.17) is 0 Å². The minimum Gasteiger partial charge on any atom is -0.345 e. The van der Waals surface area contributed by atoms with Crippen molar-refractivity contribution in [2.75, 3.05) is 38.5 Å². The minimum absolute atomic E-state index is 0.0446. The number of benzene rings is 1. The van der Waals surface area contributed by atoms with Crippen molar-refractivity contribution in [2.24, 2.45) is 5.92 Å². The molecule has 1 aromatic rings. The number of hydrogen-bond donors (Lipinski definition) is 1. The van der Waals surface area contributed by atoms with Crippen molar-refractivity contribution in [3.8, 4) is 0 Å². The SMILES string of the molecule is CN1CC(C(=O)Nc2ccc(CCN3CCCCC3)cc2)CC1=O. The molecule has 1 N–H and O–H groups in total. The fraction of sp³-hybridized carbons (Fsp3) is 0.579. The zero-order valence-corrected chi connectivity index (χ0v) is 14.5. The first-order valence-corrected chi connectivity index (χ1v) is 8.98. The molecule has 0 radical (unpaired) electrons. The summed E-state index contributed by atoms with van der Waals surface area (Å²) in [6.45, 7) is 4.08. The van der Waals surface area contributed by atoms with Crippen LogP contribution in [-0.4, -0.2) is 54.8 Å². The molecule has 0 aromatic heterocycles. The van der Waals surface area contributed by atoms with E-state index in [9.17, 15) is 9.59 Å². The summed E-state index contributed by atoms with van der Waals surface area (Å²) < 4.78 is 0. The number of anilines is 1. The summed E-state index contributed by atoms with van der Waals surface area (Å²) in [5, 5.41) is 2.93. The van der Waals surface area contributed by atoms with E-state index in [2.05, 4.69) is 22.3 Å². The van der Waals surface area contributed by atoms with E-state index in [0.717, 1.165) is 18.7 Å². The summed E-state index contributed by atoms with van der Waals surface area (Å²) in [5.41, 5.74) is 2.11. The summed E-state index contributed by atoms with van der Waals surface area (Å²) in [5.74, 6) is -0.252. The summed E-state index contributed by atoms with van der Waals surface area (Å²) in [4.78, 5) is 27.9. The van der Waals surface area contributed by atoms with Gasteiger partial charge in [-0.05, 0) is 50.0 Å². The number of carbonyl (C=O) groups is 2. The van der Waals surface area contributed by atoms with E-state index < -0.39 is 0 Å². The van der Waals surface area contributed by atoms with Gasteiger partial charge in [-0.15, -0.1) is 0 Å². The molecule has 1 atom stereocenters. The number of rotatable bonds is 5. The highest BCUT2D eigenvalue weighted by atomic mass is 16.2. The molecule has 3 rings (SSSR count). The largest absolute Gasteiger partial charge is 0.345 e. The topological polar surface area (TPSA) is 52.7 Å². The predicted octanol–water partition coefficient (Wildman–Crippen LogP) is 2.13. The molecule has 0 saturated carbocycles. The summed E-state index contributed by atoms with van der Waals surface area (Å²) in [7, 11) is 1.74. The first kappa shape index (κ1) is 17.0. The van der Waals surface area contributed by atoms with Crippen molar-refractivity contribution in [3.63, 3.8) is 0 Å². The van der Waals surface area contributed by atoms with Gasteiger partial charge < -0.3 is 15.1 Å². The van der Waals surface area contributed by atoms with Crippen LogP contribution in [-0.2, 0) is 16.0 Å². The first-order chi connectivity index (χ1) is 11.6. The Labute approximate surface area is 144 Å². The van der Waals surface area contributed by atoms with Crippen molar-refractivity contribution in [2.45, 2.75) is 32.1 Å². The maximum absolute atomic E-state index is 12.2. The first-order valence-electron chi connectivity index (χ1n) is 8.98. The Bertz CT molecular complexity index is 579. The van der Waals surface area contributed by atoms with Gasteiger partial charge in [0.15, 0.2) is 0 Å². The monoisotopic (exact) mass is 329 g/mol. The van der Waals surface area contributed by atoms with E-state index in [1.54, 1.807) is 11.9 Å². The van der Waals surface area contributed by atoms with Gasteiger partial charge in [0.1, 0.15) is 0 Å². The number of amides is 2. The van der Waals surface area contributed by atoms with Crippen LogP contribution >= 0.6 is 0 Å². The van der Waals surface area contributed by atoms with Crippen LogP contribution in [0.4, 0.5) is 5.69 Å². The van der Waals surface area contributed by atoms with Gasteiger partial charge in [-0.25, -0.2) is 0 Å². The van der Waals surface area contributed by atoms with Gasteiger partial charge in [0, 0.05) is 32.2 Å². The molecule has 5 heteroatoms. The Kier molecular flexibility index (Phi) is 5.51. The third-order valence-electron chi connectivity index (χ3n) is 5.10. The number of nitrogens with one attached hydrogen (secondary N) is 1. The zero-order chi connectivity index (χ0) is 16.9. The highest BCUT2D eigenvalue weighted by molar-refractivity contribution is 5.97. The lowest BCUT2D eigenvalue weighted by Crippen LogP contribution is -2.31. The van der Waals surface area contributed by atoms with E-state index in [1.807, 2.05) is 12.1 Å². The van der Waals surface area contributed by atoms with Gasteiger partial charge in [-0.3, -0.25) is 9.59 Å². The van der Waals surface area contributed by atoms with Crippen LogP contribution in [0.3, 0.4) is 0 Å². The molecule has 2 aliphatic heterocycles. The maximum atomic E-state index is 12.2. The van der Waals surface area contributed by atoms with Crippen LogP contribution in [0, 0.1) is 5.92 Å². The van der Waals surface area contributed by atoms with Crippen LogP contribution in [0.2, 0.25) is 0 Å².